The van der Waals surface area contributed by atoms with Crippen molar-refractivity contribution >= 4 is 5.78 Å². The number of aromatic nitrogens is 4. The van der Waals surface area contributed by atoms with E-state index in [1.807, 2.05) is 6.07 Å². The lowest BCUT2D eigenvalue weighted by atomic mass is 9.94. The third kappa shape index (κ3) is 1.95. The summed E-state index contributed by atoms with van der Waals surface area (Å²) in [6.07, 6.45) is 1.00. The van der Waals surface area contributed by atoms with Crippen LogP contribution in [0.3, 0.4) is 0 Å². The van der Waals surface area contributed by atoms with Crippen molar-refractivity contribution in [2.24, 2.45) is 0 Å². The van der Waals surface area contributed by atoms with Crippen molar-refractivity contribution in [2.75, 3.05) is 6.54 Å². The molecule has 0 spiro atoms. The lowest BCUT2D eigenvalue weighted by Crippen LogP contribution is -2.31. The molecule has 0 radical (unpaired) electrons. The fourth-order valence-corrected chi connectivity index (χ4v) is 2.89. The number of rotatable bonds is 1. The molecule has 0 saturated heterocycles. The molecule has 1 aliphatic rings. The summed E-state index contributed by atoms with van der Waals surface area (Å²) in [4.78, 5) is 20.8. The van der Waals surface area contributed by atoms with Crippen LogP contribution in [0, 0.1) is 6.92 Å². The average Bonchev–Trinajstić information content (AvgIpc) is 2.90. The molecule has 0 saturated carbocycles. The lowest BCUT2D eigenvalue weighted by Gasteiger charge is -2.24. The number of aromatic amines is 1. The monoisotopic (exact) mass is 281 g/mol. The second-order valence-electron chi connectivity index (χ2n) is 5.32. The Morgan fingerprint density at radius 3 is 3.05 bits per heavy atom. The zero-order chi connectivity index (χ0) is 14.4. The summed E-state index contributed by atoms with van der Waals surface area (Å²) in [7, 11) is 0. The van der Waals surface area contributed by atoms with Crippen LogP contribution in [-0.2, 0) is 6.42 Å². The van der Waals surface area contributed by atoms with Crippen LogP contribution in [0.15, 0.2) is 35.1 Å². The van der Waals surface area contributed by atoms with Crippen LogP contribution in [0.2, 0.25) is 0 Å². The van der Waals surface area contributed by atoms with Gasteiger partial charge in [-0.25, -0.2) is 4.98 Å². The minimum Gasteiger partial charge on any atom is -0.303 e. The van der Waals surface area contributed by atoms with Gasteiger partial charge in [-0.05, 0) is 24.5 Å². The molecule has 2 N–H and O–H groups in total. The highest BCUT2D eigenvalue weighted by molar-refractivity contribution is 5.38. The van der Waals surface area contributed by atoms with Crippen LogP contribution in [0.1, 0.15) is 28.7 Å². The highest BCUT2D eigenvalue weighted by Gasteiger charge is 2.24. The Morgan fingerprint density at radius 2 is 2.14 bits per heavy atom. The summed E-state index contributed by atoms with van der Waals surface area (Å²) in [5, 5.41) is 6.52. The molecule has 21 heavy (non-hydrogen) atoms. The number of hydrogen-bond donors (Lipinski definition) is 2. The average molecular weight is 281 g/mol. The number of aryl methyl sites for hydroxylation is 1. The smallest absolute Gasteiger partial charge is 0.274 e. The van der Waals surface area contributed by atoms with Gasteiger partial charge in [-0.2, -0.15) is 9.50 Å². The summed E-state index contributed by atoms with van der Waals surface area (Å²) in [5.74, 6) is 1.14. The number of H-pyrrole nitrogens is 1. The quantitative estimate of drug-likeness (QED) is 0.696. The summed E-state index contributed by atoms with van der Waals surface area (Å²) < 4.78 is 1.39. The molecule has 3 aromatic rings. The predicted octanol–water partition coefficient (Wildman–Crippen LogP) is 0.961. The van der Waals surface area contributed by atoms with Crippen molar-refractivity contribution in [3.63, 3.8) is 0 Å². The number of benzene rings is 1. The Kier molecular flexibility index (Phi) is 2.65. The molecule has 1 atom stereocenters. The second-order valence-corrected chi connectivity index (χ2v) is 5.32. The first-order chi connectivity index (χ1) is 10.2. The zero-order valence-electron chi connectivity index (χ0n) is 11.6. The van der Waals surface area contributed by atoms with Gasteiger partial charge in [0.25, 0.3) is 11.3 Å². The molecular weight excluding hydrogens is 266 g/mol. The van der Waals surface area contributed by atoms with E-state index in [9.17, 15) is 4.79 Å². The molecule has 6 heteroatoms. The van der Waals surface area contributed by atoms with E-state index < -0.39 is 0 Å². The Morgan fingerprint density at radius 1 is 1.29 bits per heavy atom. The van der Waals surface area contributed by atoms with E-state index in [1.165, 1.54) is 21.7 Å². The van der Waals surface area contributed by atoms with E-state index in [0.717, 1.165) is 18.8 Å². The van der Waals surface area contributed by atoms with Crippen LogP contribution in [0.25, 0.3) is 5.78 Å². The van der Waals surface area contributed by atoms with Crippen molar-refractivity contribution in [3.05, 3.63) is 63.3 Å². The second kappa shape index (κ2) is 4.53. The van der Waals surface area contributed by atoms with Gasteiger partial charge < -0.3 is 5.32 Å². The fraction of sp³-hybridized carbons (Fsp3) is 0.267. The van der Waals surface area contributed by atoms with Crippen LogP contribution in [0.4, 0.5) is 0 Å². The van der Waals surface area contributed by atoms with Crippen molar-refractivity contribution < 1.29 is 0 Å². The van der Waals surface area contributed by atoms with E-state index in [4.69, 9.17) is 0 Å². The molecule has 0 fully saturated rings. The molecule has 2 aromatic heterocycles. The van der Waals surface area contributed by atoms with Crippen molar-refractivity contribution in [3.8, 4) is 0 Å². The lowest BCUT2D eigenvalue weighted by molar-refractivity contribution is 0.543. The third-order valence-corrected chi connectivity index (χ3v) is 3.86. The Labute approximate surface area is 120 Å². The molecule has 3 heterocycles. The van der Waals surface area contributed by atoms with Crippen molar-refractivity contribution in [1.29, 1.82) is 0 Å². The summed E-state index contributed by atoms with van der Waals surface area (Å²) in [6.45, 7) is 2.68. The number of nitrogens with one attached hydrogen (secondary N) is 2. The van der Waals surface area contributed by atoms with Gasteiger partial charge in [0.05, 0.1) is 6.04 Å². The molecule has 1 unspecified atom stereocenters. The number of nitrogens with zero attached hydrogens (tertiary/aromatic N) is 3. The van der Waals surface area contributed by atoms with Crippen LogP contribution >= 0.6 is 0 Å². The van der Waals surface area contributed by atoms with Gasteiger partial charge in [-0.1, -0.05) is 24.3 Å². The van der Waals surface area contributed by atoms with E-state index >= 15 is 0 Å². The van der Waals surface area contributed by atoms with Gasteiger partial charge in [-0.3, -0.25) is 9.89 Å². The van der Waals surface area contributed by atoms with E-state index in [-0.39, 0.29) is 11.6 Å². The largest absolute Gasteiger partial charge is 0.303 e. The van der Waals surface area contributed by atoms with Gasteiger partial charge >= 0.3 is 0 Å². The SMILES string of the molecule is Cc1cc(=O)n2[nH]c(C3NCCc4ccccc43)nc2n1. The summed E-state index contributed by atoms with van der Waals surface area (Å²) in [5.41, 5.74) is 3.06. The van der Waals surface area contributed by atoms with Crippen molar-refractivity contribution in [1.82, 2.24) is 24.9 Å². The standard InChI is InChI=1S/C15H15N5O/c1-9-8-12(21)20-15(17-9)18-14(19-20)13-11-5-3-2-4-10(11)6-7-16-13/h2-5,8,13,16H,6-7H2,1H3,(H,17,18,19). The molecular formula is C15H15N5O. The first-order valence-electron chi connectivity index (χ1n) is 7.00. The maximum Gasteiger partial charge on any atom is 0.274 e. The van der Waals surface area contributed by atoms with Crippen LogP contribution in [0.5, 0.6) is 0 Å². The van der Waals surface area contributed by atoms with Gasteiger partial charge in [0, 0.05) is 18.3 Å². The van der Waals surface area contributed by atoms with Crippen LogP contribution < -0.4 is 10.9 Å². The molecule has 106 valence electrons. The fourth-order valence-electron chi connectivity index (χ4n) is 2.89. The summed E-state index contributed by atoms with van der Waals surface area (Å²) >= 11 is 0. The highest BCUT2D eigenvalue weighted by Crippen LogP contribution is 2.26. The van der Waals surface area contributed by atoms with Crippen molar-refractivity contribution in [2.45, 2.75) is 19.4 Å². The first kappa shape index (κ1) is 12.3. The van der Waals surface area contributed by atoms with Gasteiger partial charge in [-0.15, -0.1) is 0 Å². The Balaban J connectivity index is 1.88. The molecule has 1 aliphatic heterocycles. The molecule has 0 aliphatic carbocycles. The maximum atomic E-state index is 12.0. The topological polar surface area (TPSA) is 75.1 Å². The van der Waals surface area contributed by atoms with Gasteiger partial charge in [0.15, 0.2) is 0 Å². The molecule has 6 nitrogen and oxygen atoms in total. The predicted molar refractivity (Wildman–Crippen MR) is 78.3 cm³/mol. The normalized spacial score (nSPS) is 17.9. The Bertz CT molecular complexity index is 879. The minimum absolute atomic E-state index is 0.0312. The first-order valence-corrected chi connectivity index (χ1v) is 7.00. The molecule has 4 rings (SSSR count). The van der Waals surface area contributed by atoms with Gasteiger partial charge in [0.1, 0.15) is 5.82 Å². The van der Waals surface area contributed by atoms with Gasteiger partial charge in [0.2, 0.25) is 0 Å². The Hall–Kier alpha value is -2.47. The zero-order valence-corrected chi connectivity index (χ0v) is 11.6. The molecule has 0 amide bonds. The van der Waals surface area contributed by atoms with Crippen LogP contribution in [-0.4, -0.2) is 26.1 Å². The minimum atomic E-state index is -0.139. The van der Waals surface area contributed by atoms with E-state index in [2.05, 4.69) is 38.6 Å². The maximum absolute atomic E-state index is 12.0. The number of hydrogen-bond acceptors (Lipinski definition) is 4. The van der Waals surface area contributed by atoms with E-state index in [0.29, 0.717) is 11.5 Å². The molecule has 0 bridgehead atoms. The molecule has 1 aromatic carbocycles. The highest BCUT2D eigenvalue weighted by atomic mass is 16.1. The third-order valence-electron chi connectivity index (χ3n) is 3.86. The number of fused-ring (bicyclic) bond motifs is 2. The van der Waals surface area contributed by atoms with E-state index in [1.54, 1.807) is 6.92 Å². The summed E-state index contributed by atoms with van der Waals surface area (Å²) in [6, 6.07) is 9.78.